The number of anilines is 1. The Morgan fingerprint density at radius 1 is 1.24 bits per heavy atom. The summed E-state index contributed by atoms with van der Waals surface area (Å²) in [5, 5.41) is 12.6. The summed E-state index contributed by atoms with van der Waals surface area (Å²) in [4.78, 5) is 9.20. The minimum atomic E-state index is 0.483. The van der Waals surface area contributed by atoms with Crippen LogP contribution >= 0.6 is 0 Å². The molecule has 0 aliphatic carbocycles. The van der Waals surface area contributed by atoms with E-state index in [1.807, 2.05) is 25.2 Å². The van der Waals surface area contributed by atoms with E-state index in [0.29, 0.717) is 18.1 Å². The van der Waals surface area contributed by atoms with Crippen molar-refractivity contribution in [2.45, 2.75) is 26.3 Å². The zero-order valence-corrected chi connectivity index (χ0v) is 14.1. The first-order valence-corrected chi connectivity index (χ1v) is 8.16. The van der Waals surface area contributed by atoms with Crippen molar-refractivity contribution in [3.63, 3.8) is 0 Å². The highest BCUT2D eigenvalue weighted by Crippen LogP contribution is 2.23. The summed E-state index contributed by atoms with van der Waals surface area (Å²) < 4.78 is 12.4. The van der Waals surface area contributed by atoms with Gasteiger partial charge in [-0.2, -0.15) is 5.10 Å². The summed E-state index contributed by atoms with van der Waals surface area (Å²) >= 11 is 0. The number of furan rings is 1. The Balaban J connectivity index is 1.58. The molecule has 128 valence electrons. The summed E-state index contributed by atoms with van der Waals surface area (Å²) in [6.07, 6.45) is 5.18. The van der Waals surface area contributed by atoms with Crippen molar-refractivity contribution in [2.24, 2.45) is 7.05 Å². The second kappa shape index (κ2) is 6.39. The van der Waals surface area contributed by atoms with Gasteiger partial charge >= 0.3 is 0 Å². The number of nitrogens with one attached hydrogen (secondary N) is 1. The number of hydrogen-bond acceptors (Lipinski definition) is 7. The SMILES string of the molecule is CCCc1nc(NCc2cc(-c3ccco3)on2)c2cnn(C)c2n1. The molecule has 0 amide bonds. The van der Waals surface area contributed by atoms with E-state index < -0.39 is 0 Å². The molecular weight excluding hydrogens is 320 g/mol. The third-order valence-corrected chi connectivity index (χ3v) is 3.87. The van der Waals surface area contributed by atoms with Gasteiger partial charge in [0.1, 0.15) is 17.3 Å². The Morgan fingerprint density at radius 2 is 2.16 bits per heavy atom. The van der Waals surface area contributed by atoms with Crippen molar-refractivity contribution in [1.29, 1.82) is 0 Å². The van der Waals surface area contributed by atoms with Crippen molar-refractivity contribution < 1.29 is 8.94 Å². The normalized spacial score (nSPS) is 11.3. The van der Waals surface area contributed by atoms with Crippen LogP contribution in [-0.2, 0) is 20.0 Å². The summed E-state index contributed by atoms with van der Waals surface area (Å²) in [6.45, 7) is 2.59. The number of fused-ring (bicyclic) bond motifs is 1. The van der Waals surface area contributed by atoms with E-state index in [-0.39, 0.29) is 0 Å². The molecule has 1 N–H and O–H groups in total. The molecule has 0 aliphatic heterocycles. The lowest BCUT2D eigenvalue weighted by molar-refractivity contribution is 0.411. The highest BCUT2D eigenvalue weighted by molar-refractivity contribution is 5.86. The van der Waals surface area contributed by atoms with Crippen molar-refractivity contribution in [2.75, 3.05) is 5.32 Å². The number of hydrogen-bond donors (Lipinski definition) is 1. The Morgan fingerprint density at radius 3 is 2.96 bits per heavy atom. The van der Waals surface area contributed by atoms with Crippen molar-refractivity contribution in [1.82, 2.24) is 24.9 Å². The van der Waals surface area contributed by atoms with Gasteiger partial charge in [0.05, 0.1) is 24.4 Å². The topological polar surface area (TPSA) is 94.8 Å². The van der Waals surface area contributed by atoms with Gasteiger partial charge in [0.25, 0.3) is 0 Å². The third kappa shape index (κ3) is 2.98. The van der Waals surface area contributed by atoms with Gasteiger partial charge in [0.15, 0.2) is 11.4 Å². The van der Waals surface area contributed by atoms with Crippen LogP contribution in [0.1, 0.15) is 24.9 Å². The molecule has 0 aromatic carbocycles. The van der Waals surface area contributed by atoms with E-state index in [9.17, 15) is 0 Å². The molecule has 8 nitrogen and oxygen atoms in total. The predicted molar refractivity (Wildman–Crippen MR) is 91.8 cm³/mol. The molecule has 4 rings (SSSR count). The quantitative estimate of drug-likeness (QED) is 0.577. The highest BCUT2D eigenvalue weighted by atomic mass is 16.5. The molecule has 0 unspecified atom stereocenters. The third-order valence-electron chi connectivity index (χ3n) is 3.87. The smallest absolute Gasteiger partial charge is 0.202 e. The van der Waals surface area contributed by atoms with Gasteiger partial charge < -0.3 is 14.3 Å². The molecule has 8 heteroatoms. The maximum atomic E-state index is 5.32. The van der Waals surface area contributed by atoms with Crippen molar-refractivity contribution in [3.05, 3.63) is 42.2 Å². The largest absolute Gasteiger partial charge is 0.461 e. The molecule has 0 fully saturated rings. The maximum absolute atomic E-state index is 5.32. The fourth-order valence-electron chi connectivity index (χ4n) is 2.64. The fourth-order valence-corrected chi connectivity index (χ4v) is 2.64. The van der Waals surface area contributed by atoms with E-state index in [4.69, 9.17) is 8.94 Å². The van der Waals surface area contributed by atoms with Gasteiger partial charge in [-0.3, -0.25) is 4.68 Å². The van der Waals surface area contributed by atoms with Crippen molar-refractivity contribution in [3.8, 4) is 11.5 Å². The van der Waals surface area contributed by atoms with Crippen LogP contribution in [0.3, 0.4) is 0 Å². The monoisotopic (exact) mass is 338 g/mol. The highest BCUT2D eigenvalue weighted by Gasteiger charge is 2.13. The van der Waals surface area contributed by atoms with Gasteiger partial charge in [-0.05, 0) is 18.6 Å². The average Bonchev–Trinajstić information content (AvgIpc) is 3.34. The van der Waals surface area contributed by atoms with Gasteiger partial charge in [-0.1, -0.05) is 12.1 Å². The number of aryl methyl sites for hydroxylation is 2. The predicted octanol–water partition coefficient (Wildman–Crippen LogP) is 3.18. The van der Waals surface area contributed by atoms with Crippen LogP contribution in [0.5, 0.6) is 0 Å². The van der Waals surface area contributed by atoms with Gasteiger partial charge in [-0.15, -0.1) is 0 Å². The van der Waals surface area contributed by atoms with Gasteiger partial charge in [-0.25, -0.2) is 9.97 Å². The van der Waals surface area contributed by atoms with Crippen LogP contribution in [-0.4, -0.2) is 24.9 Å². The van der Waals surface area contributed by atoms with Crippen LogP contribution in [0.25, 0.3) is 22.6 Å². The Bertz CT molecular complexity index is 986. The van der Waals surface area contributed by atoms with E-state index in [0.717, 1.165) is 41.2 Å². The number of aromatic nitrogens is 5. The second-order valence-electron chi connectivity index (χ2n) is 5.76. The van der Waals surface area contributed by atoms with Crippen LogP contribution < -0.4 is 5.32 Å². The molecule has 0 saturated carbocycles. The fraction of sp³-hybridized carbons (Fsp3) is 0.294. The van der Waals surface area contributed by atoms with Crippen LogP contribution in [0.15, 0.2) is 39.6 Å². The lowest BCUT2D eigenvalue weighted by Crippen LogP contribution is -2.06. The molecule has 0 radical (unpaired) electrons. The number of nitrogens with zero attached hydrogens (tertiary/aromatic N) is 5. The van der Waals surface area contributed by atoms with E-state index in [1.54, 1.807) is 17.1 Å². The number of rotatable bonds is 6. The first kappa shape index (κ1) is 15.4. The standard InChI is InChI=1S/C17H18N6O2/c1-3-5-15-20-16(12-10-19-23(2)17(12)21-15)18-9-11-8-14(25-22-11)13-6-4-7-24-13/h4,6-8,10H,3,5,9H2,1-2H3,(H,18,20,21). The Labute approximate surface area is 143 Å². The summed E-state index contributed by atoms with van der Waals surface area (Å²) in [5.41, 5.74) is 1.58. The molecule has 0 spiro atoms. The zero-order valence-electron chi connectivity index (χ0n) is 14.1. The van der Waals surface area contributed by atoms with E-state index in [1.165, 1.54) is 0 Å². The molecular formula is C17H18N6O2. The van der Waals surface area contributed by atoms with Crippen molar-refractivity contribution >= 4 is 16.9 Å². The molecule has 0 atom stereocenters. The Hall–Kier alpha value is -3.16. The lowest BCUT2D eigenvalue weighted by Gasteiger charge is -2.07. The van der Waals surface area contributed by atoms with E-state index >= 15 is 0 Å². The average molecular weight is 338 g/mol. The van der Waals surface area contributed by atoms with Crippen LogP contribution in [0.2, 0.25) is 0 Å². The Kier molecular flexibility index (Phi) is 3.93. The molecule has 0 bridgehead atoms. The minimum absolute atomic E-state index is 0.483. The molecule has 0 saturated heterocycles. The summed E-state index contributed by atoms with van der Waals surface area (Å²) in [6, 6.07) is 5.49. The van der Waals surface area contributed by atoms with Crippen LogP contribution in [0.4, 0.5) is 5.82 Å². The van der Waals surface area contributed by atoms with E-state index in [2.05, 4.69) is 32.5 Å². The van der Waals surface area contributed by atoms with Gasteiger partial charge in [0, 0.05) is 19.5 Å². The summed E-state index contributed by atoms with van der Waals surface area (Å²) in [5.74, 6) is 2.81. The van der Waals surface area contributed by atoms with Crippen LogP contribution in [0, 0.1) is 0 Å². The molecule has 4 heterocycles. The molecule has 4 aromatic heterocycles. The minimum Gasteiger partial charge on any atom is -0.461 e. The maximum Gasteiger partial charge on any atom is 0.202 e. The molecule has 4 aromatic rings. The molecule has 0 aliphatic rings. The first-order chi connectivity index (χ1) is 12.2. The summed E-state index contributed by atoms with van der Waals surface area (Å²) in [7, 11) is 1.88. The van der Waals surface area contributed by atoms with Gasteiger partial charge in [0.2, 0.25) is 5.76 Å². The lowest BCUT2D eigenvalue weighted by atomic mass is 10.3. The second-order valence-corrected chi connectivity index (χ2v) is 5.76. The zero-order chi connectivity index (χ0) is 17.2. The first-order valence-electron chi connectivity index (χ1n) is 8.16. The molecule has 25 heavy (non-hydrogen) atoms.